The van der Waals surface area contributed by atoms with Gasteiger partial charge in [0.15, 0.2) is 0 Å². The Morgan fingerprint density at radius 2 is 0.949 bits per heavy atom. The Hall–Kier alpha value is -2.37. The van der Waals surface area contributed by atoms with Gasteiger partial charge in [-0.3, -0.25) is 0 Å². The van der Waals surface area contributed by atoms with Gasteiger partial charge >= 0.3 is 17.9 Å². The highest BCUT2D eigenvalue weighted by Crippen LogP contribution is 2.15. The molecule has 0 fully saturated rings. The van der Waals surface area contributed by atoms with E-state index in [0.717, 1.165) is 49.8 Å². The first kappa shape index (κ1) is 41.1. The van der Waals surface area contributed by atoms with Gasteiger partial charge in [-0.2, -0.15) is 0 Å². The van der Waals surface area contributed by atoms with E-state index in [4.69, 9.17) is 14.9 Å². The number of carbonyl (C=O) groups is 3. The smallest absolute Gasteiger partial charge is 0.333 e. The fourth-order valence-electron chi connectivity index (χ4n) is 3.70. The van der Waals surface area contributed by atoms with Crippen LogP contribution >= 0.6 is 0 Å². The Kier molecular flexibility index (Phi) is 37.6. The van der Waals surface area contributed by atoms with Crippen LogP contribution in [0.5, 0.6) is 0 Å². The van der Waals surface area contributed by atoms with Crippen molar-refractivity contribution in [3.8, 4) is 0 Å². The molecule has 0 aromatic rings. The summed E-state index contributed by atoms with van der Waals surface area (Å²) in [5.41, 5.74) is 0.925. The number of unbranched alkanes of at least 4 members (excludes halogenated alkanes) is 16. The third kappa shape index (κ3) is 40.3. The average Bonchev–Trinajstić information content (AvgIpc) is 2.93. The van der Waals surface area contributed by atoms with E-state index in [2.05, 4.69) is 40.0 Å². The monoisotopic (exact) mass is 552 g/mol. The maximum atomic E-state index is 12.4. The van der Waals surface area contributed by atoms with Crippen LogP contribution in [0.4, 0.5) is 0 Å². The third-order valence-electron chi connectivity index (χ3n) is 6.09. The standard InChI is InChI=1S/C27H52O2.2C3H4O2/c1-4-7-10-12-14-15-16-17-18-19-21-24-26(23-9-6-3)27(28)29-25-22-20-13-11-8-5-2;2*1-2-3(4)5/h24H,4-23,25H2,1-3H3;2*2H,1H2,(H,4,5). The Bertz CT molecular complexity index is 606. The molecule has 0 amide bonds. The van der Waals surface area contributed by atoms with Gasteiger partial charge in [0.05, 0.1) is 6.61 Å². The molecule has 0 spiro atoms. The van der Waals surface area contributed by atoms with Crippen molar-refractivity contribution in [1.29, 1.82) is 0 Å². The lowest BCUT2D eigenvalue weighted by molar-refractivity contribution is -0.139. The summed E-state index contributed by atoms with van der Waals surface area (Å²) in [5.74, 6) is -2.02. The summed E-state index contributed by atoms with van der Waals surface area (Å²) in [4.78, 5) is 30.9. The van der Waals surface area contributed by atoms with Crippen molar-refractivity contribution >= 4 is 17.9 Å². The van der Waals surface area contributed by atoms with Crippen LogP contribution in [0.25, 0.3) is 0 Å². The lowest BCUT2D eigenvalue weighted by Gasteiger charge is -2.09. The number of aliphatic carboxylic acids is 2. The van der Waals surface area contributed by atoms with Crippen molar-refractivity contribution in [3.63, 3.8) is 0 Å². The van der Waals surface area contributed by atoms with Crippen molar-refractivity contribution in [2.75, 3.05) is 6.61 Å². The molecule has 0 atom stereocenters. The summed E-state index contributed by atoms with van der Waals surface area (Å²) in [7, 11) is 0. The molecule has 0 aromatic carbocycles. The van der Waals surface area contributed by atoms with Gasteiger partial charge in [0.25, 0.3) is 0 Å². The lowest BCUT2D eigenvalue weighted by atomic mass is 10.0. The molecule has 0 aromatic heterocycles. The maximum Gasteiger partial charge on any atom is 0.333 e. The number of ether oxygens (including phenoxy) is 1. The second kappa shape index (κ2) is 35.6. The molecular formula is C33H60O6. The molecule has 0 saturated carbocycles. The van der Waals surface area contributed by atoms with Crippen LogP contribution in [0.1, 0.15) is 149 Å². The quantitative estimate of drug-likeness (QED) is 0.0702. The van der Waals surface area contributed by atoms with Gasteiger partial charge in [-0.1, -0.05) is 136 Å². The zero-order valence-corrected chi connectivity index (χ0v) is 25.5. The summed E-state index contributed by atoms with van der Waals surface area (Å²) in [6, 6.07) is 0. The summed E-state index contributed by atoms with van der Waals surface area (Å²) in [6.45, 7) is 13.2. The summed E-state index contributed by atoms with van der Waals surface area (Å²) >= 11 is 0. The van der Waals surface area contributed by atoms with Crippen LogP contribution in [0.2, 0.25) is 0 Å². The molecule has 0 aliphatic rings. The zero-order valence-electron chi connectivity index (χ0n) is 25.5. The predicted molar refractivity (Wildman–Crippen MR) is 164 cm³/mol. The fraction of sp³-hybridized carbons (Fsp3) is 0.727. The minimum absolute atomic E-state index is 0.0564. The molecule has 0 radical (unpaired) electrons. The molecule has 0 aliphatic heterocycles. The lowest BCUT2D eigenvalue weighted by Crippen LogP contribution is -2.09. The van der Waals surface area contributed by atoms with Crippen LogP contribution < -0.4 is 0 Å². The molecule has 6 nitrogen and oxygen atoms in total. The highest BCUT2D eigenvalue weighted by atomic mass is 16.5. The highest BCUT2D eigenvalue weighted by molar-refractivity contribution is 5.88. The average molecular weight is 553 g/mol. The number of allylic oxidation sites excluding steroid dienone is 1. The Labute approximate surface area is 240 Å². The van der Waals surface area contributed by atoms with Gasteiger partial charge in [0.1, 0.15) is 0 Å². The molecule has 0 aliphatic carbocycles. The molecule has 0 heterocycles. The van der Waals surface area contributed by atoms with Gasteiger partial charge in [0.2, 0.25) is 0 Å². The highest BCUT2D eigenvalue weighted by Gasteiger charge is 2.10. The number of esters is 1. The fourth-order valence-corrected chi connectivity index (χ4v) is 3.70. The molecule has 39 heavy (non-hydrogen) atoms. The van der Waals surface area contributed by atoms with E-state index in [0.29, 0.717) is 6.61 Å². The number of hydrogen-bond acceptors (Lipinski definition) is 4. The van der Waals surface area contributed by atoms with Crippen molar-refractivity contribution in [2.45, 2.75) is 149 Å². The third-order valence-corrected chi connectivity index (χ3v) is 6.09. The van der Waals surface area contributed by atoms with E-state index in [9.17, 15) is 14.4 Å². The normalized spacial score (nSPS) is 10.4. The van der Waals surface area contributed by atoms with Gasteiger partial charge in [-0.15, -0.1) is 0 Å². The largest absolute Gasteiger partial charge is 0.478 e. The van der Waals surface area contributed by atoms with Gasteiger partial charge in [-0.05, 0) is 32.1 Å². The van der Waals surface area contributed by atoms with Gasteiger partial charge < -0.3 is 14.9 Å². The Morgan fingerprint density at radius 3 is 1.33 bits per heavy atom. The molecule has 228 valence electrons. The molecule has 6 heteroatoms. The van der Waals surface area contributed by atoms with Gasteiger partial charge in [-0.25, -0.2) is 14.4 Å². The number of rotatable bonds is 24. The molecule has 0 saturated heterocycles. The predicted octanol–water partition coefficient (Wildman–Crippen LogP) is 9.83. The van der Waals surface area contributed by atoms with Crippen LogP contribution in [-0.2, 0) is 19.1 Å². The van der Waals surface area contributed by atoms with Crippen LogP contribution in [-0.4, -0.2) is 34.7 Å². The van der Waals surface area contributed by atoms with Crippen molar-refractivity contribution in [2.24, 2.45) is 0 Å². The van der Waals surface area contributed by atoms with E-state index in [1.165, 1.54) is 96.3 Å². The minimum atomic E-state index is -0.981. The molecule has 2 N–H and O–H groups in total. The summed E-state index contributed by atoms with van der Waals surface area (Å²) in [5, 5.41) is 15.2. The number of hydrogen-bond donors (Lipinski definition) is 2. The van der Waals surface area contributed by atoms with Crippen LogP contribution in [0.3, 0.4) is 0 Å². The van der Waals surface area contributed by atoms with Gasteiger partial charge in [0, 0.05) is 17.7 Å². The first-order valence-corrected chi connectivity index (χ1v) is 15.4. The second-order valence-electron chi connectivity index (χ2n) is 9.79. The number of carboxylic acid groups (broad SMARTS) is 2. The maximum absolute atomic E-state index is 12.4. The van der Waals surface area contributed by atoms with E-state index < -0.39 is 11.9 Å². The summed E-state index contributed by atoms with van der Waals surface area (Å²) in [6.07, 6.45) is 28.9. The number of carbonyl (C=O) groups excluding carboxylic acids is 1. The van der Waals surface area contributed by atoms with Crippen LogP contribution in [0, 0.1) is 0 Å². The Morgan fingerprint density at radius 1 is 0.590 bits per heavy atom. The molecular weight excluding hydrogens is 492 g/mol. The SMILES string of the molecule is C=CC(=O)O.C=CC(=O)O.CCCCCCCCCCCCC=C(CCCC)C(=O)OCCCCCCCC. The van der Waals surface area contributed by atoms with Crippen molar-refractivity contribution in [3.05, 3.63) is 37.0 Å². The zero-order chi connectivity index (χ0) is 30.0. The van der Waals surface area contributed by atoms with E-state index in [1.54, 1.807) is 0 Å². The van der Waals surface area contributed by atoms with E-state index >= 15 is 0 Å². The summed E-state index contributed by atoms with van der Waals surface area (Å²) < 4.78 is 5.55. The number of carboxylic acids is 2. The van der Waals surface area contributed by atoms with Crippen molar-refractivity contribution < 1.29 is 29.3 Å². The molecule has 0 bridgehead atoms. The van der Waals surface area contributed by atoms with E-state index in [1.807, 2.05) is 0 Å². The topological polar surface area (TPSA) is 101 Å². The second-order valence-corrected chi connectivity index (χ2v) is 9.79. The minimum Gasteiger partial charge on any atom is -0.478 e. The molecule has 0 rings (SSSR count). The van der Waals surface area contributed by atoms with E-state index in [-0.39, 0.29) is 5.97 Å². The first-order valence-electron chi connectivity index (χ1n) is 15.4. The van der Waals surface area contributed by atoms with Crippen molar-refractivity contribution in [1.82, 2.24) is 0 Å². The first-order chi connectivity index (χ1) is 18.8. The van der Waals surface area contributed by atoms with Crippen LogP contribution in [0.15, 0.2) is 37.0 Å². The Balaban J connectivity index is -0.00000109. The molecule has 0 unspecified atom stereocenters.